The Morgan fingerprint density at radius 3 is 1.19 bits per heavy atom. The Morgan fingerprint density at radius 2 is 0.846 bits per heavy atom. The molecule has 0 aliphatic carbocycles. The van der Waals surface area contributed by atoms with E-state index in [2.05, 4.69) is 0 Å². The average Bonchev–Trinajstić information content (AvgIpc) is 2.61. The van der Waals surface area contributed by atoms with Gasteiger partial charge in [0.05, 0.1) is 0 Å². The first-order valence-electron chi connectivity index (χ1n) is 8.57. The zero-order chi connectivity index (χ0) is 18.8. The number of aryl methyl sites for hydroxylation is 4. The molecule has 2 unspecified atom stereocenters. The number of rotatable bonds is 4. The lowest BCUT2D eigenvalue weighted by molar-refractivity contribution is 0.597. The zero-order valence-electron chi connectivity index (χ0n) is 15.5. The third-order valence-corrected chi connectivity index (χ3v) is 8.30. The summed E-state index contributed by atoms with van der Waals surface area (Å²) in [5.74, 6) is 0. The van der Waals surface area contributed by atoms with E-state index in [1.54, 1.807) is 0 Å². The largest absolute Gasteiger partial charge is 0.416 e. The highest BCUT2D eigenvalue weighted by Gasteiger charge is 2.33. The predicted molar refractivity (Wildman–Crippen MR) is 112 cm³/mol. The van der Waals surface area contributed by atoms with Crippen LogP contribution < -0.4 is 21.2 Å². The standard InChI is InChI=1S/C22H22O2P2/c1-15-8-5-9-16(2)21(15)25(23)19-12-7-13-20(14-19)26(24)22-17(3)10-6-11-18(22)4/h5-14H,1-4H3/q+2. The van der Waals surface area contributed by atoms with Gasteiger partial charge in [0, 0.05) is 28.3 Å². The van der Waals surface area contributed by atoms with Gasteiger partial charge in [0.1, 0.15) is 0 Å². The van der Waals surface area contributed by atoms with Crippen LogP contribution in [0, 0.1) is 27.7 Å². The van der Waals surface area contributed by atoms with Gasteiger partial charge in [-0.3, -0.25) is 0 Å². The second kappa shape index (κ2) is 7.62. The summed E-state index contributed by atoms with van der Waals surface area (Å²) in [6.07, 6.45) is 0. The topological polar surface area (TPSA) is 34.1 Å². The fourth-order valence-corrected chi connectivity index (χ4v) is 6.41. The summed E-state index contributed by atoms with van der Waals surface area (Å²) in [4.78, 5) is 0. The van der Waals surface area contributed by atoms with Crippen LogP contribution in [0.2, 0.25) is 0 Å². The van der Waals surface area contributed by atoms with Gasteiger partial charge >= 0.3 is 15.6 Å². The van der Waals surface area contributed by atoms with Crippen LogP contribution in [0.1, 0.15) is 22.3 Å². The molecule has 26 heavy (non-hydrogen) atoms. The molecular weight excluding hydrogens is 358 g/mol. The van der Waals surface area contributed by atoms with E-state index in [4.69, 9.17) is 0 Å². The minimum atomic E-state index is -1.72. The molecule has 3 rings (SSSR count). The Hall–Kier alpha value is -2.14. The molecule has 0 spiro atoms. The van der Waals surface area contributed by atoms with E-state index in [0.717, 1.165) is 43.5 Å². The molecule has 3 aromatic carbocycles. The molecule has 0 N–H and O–H groups in total. The molecule has 130 valence electrons. The SMILES string of the molecule is Cc1cccc(C)c1[P+](=O)c1cccc([P+](=O)c2c(C)cccc2C)c1. The summed E-state index contributed by atoms with van der Waals surface area (Å²) in [5.41, 5.74) is 4.10. The zero-order valence-corrected chi connectivity index (χ0v) is 17.3. The Morgan fingerprint density at radius 1 is 0.538 bits per heavy atom. The van der Waals surface area contributed by atoms with Crippen molar-refractivity contribution in [1.82, 2.24) is 0 Å². The van der Waals surface area contributed by atoms with E-state index in [9.17, 15) is 9.13 Å². The fraction of sp³-hybridized carbons (Fsp3) is 0.182. The van der Waals surface area contributed by atoms with Crippen molar-refractivity contribution in [3.8, 4) is 0 Å². The predicted octanol–water partition coefficient (Wildman–Crippen LogP) is 4.48. The molecule has 0 heterocycles. The van der Waals surface area contributed by atoms with Crippen molar-refractivity contribution >= 4 is 36.8 Å². The molecule has 3 aromatic rings. The van der Waals surface area contributed by atoms with E-state index in [1.165, 1.54) is 0 Å². The van der Waals surface area contributed by atoms with Gasteiger partial charge in [0.25, 0.3) is 0 Å². The third kappa shape index (κ3) is 3.54. The molecule has 2 nitrogen and oxygen atoms in total. The molecule has 0 radical (unpaired) electrons. The van der Waals surface area contributed by atoms with Crippen LogP contribution in [0.4, 0.5) is 0 Å². The lowest BCUT2D eigenvalue weighted by atomic mass is 10.2. The van der Waals surface area contributed by atoms with Crippen LogP contribution in [-0.4, -0.2) is 0 Å². The third-order valence-electron chi connectivity index (χ3n) is 4.58. The van der Waals surface area contributed by atoms with Crippen molar-refractivity contribution in [3.05, 3.63) is 82.9 Å². The molecule has 0 aromatic heterocycles. The minimum Gasteiger partial charge on any atom is -0.0614 e. The van der Waals surface area contributed by atoms with Crippen molar-refractivity contribution in [3.63, 3.8) is 0 Å². The molecule has 4 heteroatoms. The average molecular weight is 380 g/mol. The van der Waals surface area contributed by atoms with Gasteiger partial charge in [-0.05, 0) is 39.8 Å². The summed E-state index contributed by atoms with van der Waals surface area (Å²) in [7, 11) is -3.43. The van der Waals surface area contributed by atoms with E-state index in [1.807, 2.05) is 88.4 Å². The summed E-state index contributed by atoms with van der Waals surface area (Å²) in [6, 6.07) is 19.3. The Labute approximate surface area is 156 Å². The summed E-state index contributed by atoms with van der Waals surface area (Å²) >= 11 is 0. The summed E-state index contributed by atoms with van der Waals surface area (Å²) in [5, 5.41) is 3.21. The van der Waals surface area contributed by atoms with Gasteiger partial charge in [0.2, 0.25) is 21.2 Å². The smallest absolute Gasteiger partial charge is 0.0614 e. The maximum absolute atomic E-state index is 13.2. The Kier molecular flexibility index (Phi) is 5.47. The maximum Gasteiger partial charge on any atom is 0.416 e. The van der Waals surface area contributed by atoms with Gasteiger partial charge in [-0.1, -0.05) is 51.6 Å². The van der Waals surface area contributed by atoms with Gasteiger partial charge in [-0.25, -0.2) is 0 Å². The molecule has 0 aliphatic heterocycles. The second-order valence-corrected chi connectivity index (χ2v) is 9.69. The molecule has 0 saturated heterocycles. The first-order valence-corrected chi connectivity index (χ1v) is 11.1. The van der Waals surface area contributed by atoms with Gasteiger partial charge in [0.15, 0.2) is 0 Å². The van der Waals surface area contributed by atoms with Gasteiger partial charge in [-0.2, -0.15) is 0 Å². The first kappa shape index (κ1) is 18.6. The van der Waals surface area contributed by atoms with E-state index < -0.39 is 15.6 Å². The number of hydrogen-bond acceptors (Lipinski definition) is 2. The van der Waals surface area contributed by atoms with Crippen molar-refractivity contribution in [2.45, 2.75) is 27.7 Å². The van der Waals surface area contributed by atoms with Crippen molar-refractivity contribution < 1.29 is 9.13 Å². The van der Waals surface area contributed by atoms with Crippen LogP contribution in [0.3, 0.4) is 0 Å². The van der Waals surface area contributed by atoms with Crippen LogP contribution in [-0.2, 0) is 9.13 Å². The molecule has 0 bridgehead atoms. The molecule has 2 atom stereocenters. The maximum atomic E-state index is 13.2. The molecule has 0 aliphatic rings. The second-order valence-electron chi connectivity index (χ2n) is 6.59. The molecule has 0 saturated carbocycles. The van der Waals surface area contributed by atoms with Crippen LogP contribution in [0.15, 0.2) is 60.7 Å². The fourth-order valence-electron chi connectivity index (χ4n) is 3.26. The normalized spacial score (nSPS) is 12.0. The monoisotopic (exact) mass is 380 g/mol. The summed E-state index contributed by atoms with van der Waals surface area (Å²) < 4.78 is 26.4. The highest BCUT2D eigenvalue weighted by atomic mass is 31.1. The quantitative estimate of drug-likeness (QED) is 0.626. The highest BCUT2D eigenvalue weighted by Crippen LogP contribution is 2.27. The van der Waals surface area contributed by atoms with Crippen LogP contribution in [0.25, 0.3) is 0 Å². The van der Waals surface area contributed by atoms with E-state index in [-0.39, 0.29) is 0 Å². The van der Waals surface area contributed by atoms with Crippen molar-refractivity contribution in [2.24, 2.45) is 0 Å². The van der Waals surface area contributed by atoms with Crippen molar-refractivity contribution in [2.75, 3.05) is 0 Å². The minimum absolute atomic E-state index is 0.726. The highest BCUT2D eigenvalue weighted by molar-refractivity contribution is 7.63. The van der Waals surface area contributed by atoms with E-state index in [0.29, 0.717) is 0 Å². The molecular formula is C22H22O2P2+2. The lowest BCUT2D eigenvalue weighted by Crippen LogP contribution is -2.18. The summed E-state index contributed by atoms with van der Waals surface area (Å²) in [6.45, 7) is 7.93. The van der Waals surface area contributed by atoms with Crippen LogP contribution in [0.5, 0.6) is 0 Å². The molecule has 0 amide bonds. The van der Waals surface area contributed by atoms with Gasteiger partial charge in [-0.15, -0.1) is 0 Å². The van der Waals surface area contributed by atoms with Gasteiger partial charge < -0.3 is 0 Å². The Bertz CT molecular complexity index is 903. The number of hydrogen-bond donors (Lipinski definition) is 0. The first-order chi connectivity index (χ1) is 12.4. The molecule has 0 fully saturated rings. The van der Waals surface area contributed by atoms with Crippen molar-refractivity contribution in [1.29, 1.82) is 0 Å². The van der Waals surface area contributed by atoms with E-state index >= 15 is 0 Å². The Balaban J connectivity index is 2.04. The van der Waals surface area contributed by atoms with Crippen LogP contribution >= 0.6 is 15.6 Å². The number of benzene rings is 3. The lowest BCUT2D eigenvalue weighted by Gasteiger charge is -2.00.